The molecule has 0 aliphatic carbocycles. The number of halogens is 1. The third-order valence-corrected chi connectivity index (χ3v) is 5.76. The van der Waals surface area contributed by atoms with E-state index in [1.54, 1.807) is 11.8 Å². The molecule has 24 heavy (non-hydrogen) atoms. The highest BCUT2D eigenvalue weighted by Crippen LogP contribution is 2.27. The van der Waals surface area contributed by atoms with Crippen LogP contribution in [0.25, 0.3) is 0 Å². The van der Waals surface area contributed by atoms with Gasteiger partial charge in [-0.25, -0.2) is 4.79 Å². The summed E-state index contributed by atoms with van der Waals surface area (Å²) in [4.78, 5) is 15.5. The lowest BCUT2D eigenvalue weighted by Gasteiger charge is -2.23. The third-order valence-electron chi connectivity index (χ3n) is 4.07. The van der Waals surface area contributed by atoms with Gasteiger partial charge in [-0.2, -0.15) is 0 Å². The maximum absolute atomic E-state index is 12.4. The van der Waals surface area contributed by atoms with Gasteiger partial charge in [0, 0.05) is 27.7 Å². The lowest BCUT2D eigenvalue weighted by atomic mass is 10.2. The monoisotopic (exact) mass is 405 g/mol. The van der Waals surface area contributed by atoms with Gasteiger partial charge in [0.25, 0.3) is 0 Å². The number of rotatable bonds is 5. The van der Waals surface area contributed by atoms with Gasteiger partial charge in [0.2, 0.25) is 0 Å². The van der Waals surface area contributed by atoms with Crippen LogP contribution >= 0.6 is 27.7 Å². The molecule has 1 aliphatic rings. The first-order chi connectivity index (χ1) is 11.7. The van der Waals surface area contributed by atoms with Crippen LogP contribution in [0.4, 0.5) is 4.79 Å². The molecule has 2 aromatic rings. The van der Waals surface area contributed by atoms with E-state index < -0.39 is 0 Å². The summed E-state index contributed by atoms with van der Waals surface area (Å²) in [5.41, 5.74) is 1.02. The van der Waals surface area contributed by atoms with Gasteiger partial charge in [-0.05, 0) is 42.7 Å². The molecule has 1 aliphatic heterocycles. The van der Waals surface area contributed by atoms with E-state index in [2.05, 4.69) is 28.1 Å². The topological polar surface area (TPSA) is 29.5 Å². The zero-order chi connectivity index (χ0) is 16.8. The standard InChI is InChI=1S/C19H20BrNO2S/c20-16-8-10-18(11-9-16)24-14-17-7-4-12-21(17)19(22)23-13-15-5-2-1-3-6-15/h1-3,5-6,8-11,17H,4,7,12-14H2. The normalized spacial score (nSPS) is 17.0. The summed E-state index contributed by atoms with van der Waals surface area (Å²) in [5, 5.41) is 0. The summed E-state index contributed by atoms with van der Waals surface area (Å²) in [6.45, 7) is 1.13. The smallest absolute Gasteiger partial charge is 0.410 e. The Morgan fingerprint density at radius 3 is 2.67 bits per heavy atom. The molecule has 0 radical (unpaired) electrons. The van der Waals surface area contributed by atoms with Crippen molar-refractivity contribution in [3.8, 4) is 0 Å². The number of thioether (sulfide) groups is 1. The Labute approximate surface area is 155 Å². The fraction of sp³-hybridized carbons (Fsp3) is 0.316. The molecule has 1 heterocycles. The minimum atomic E-state index is -0.197. The Balaban J connectivity index is 1.50. The van der Waals surface area contributed by atoms with Crippen molar-refractivity contribution < 1.29 is 9.53 Å². The van der Waals surface area contributed by atoms with E-state index in [9.17, 15) is 4.79 Å². The molecule has 0 N–H and O–H groups in total. The summed E-state index contributed by atoms with van der Waals surface area (Å²) in [6, 6.07) is 18.3. The largest absolute Gasteiger partial charge is 0.445 e. The minimum Gasteiger partial charge on any atom is -0.445 e. The van der Waals surface area contributed by atoms with Crippen molar-refractivity contribution in [2.45, 2.75) is 30.4 Å². The number of carbonyl (C=O) groups excluding carboxylic acids is 1. The first kappa shape index (κ1) is 17.4. The zero-order valence-corrected chi connectivity index (χ0v) is 15.8. The highest BCUT2D eigenvalue weighted by molar-refractivity contribution is 9.10. The van der Waals surface area contributed by atoms with Gasteiger partial charge in [-0.1, -0.05) is 46.3 Å². The van der Waals surface area contributed by atoms with Crippen molar-refractivity contribution in [2.24, 2.45) is 0 Å². The Bertz CT molecular complexity index is 663. The number of hydrogen-bond acceptors (Lipinski definition) is 3. The Hall–Kier alpha value is -1.46. The van der Waals surface area contributed by atoms with Gasteiger partial charge in [0.1, 0.15) is 6.61 Å². The summed E-state index contributed by atoms with van der Waals surface area (Å²) in [6.07, 6.45) is 1.90. The zero-order valence-electron chi connectivity index (χ0n) is 13.4. The van der Waals surface area contributed by atoms with E-state index in [4.69, 9.17) is 4.74 Å². The first-order valence-corrected chi connectivity index (χ1v) is 9.86. The van der Waals surface area contributed by atoms with Crippen LogP contribution in [0, 0.1) is 0 Å². The summed E-state index contributed by atoms with van der Waals surface area (Å²) in [5.74, 6) is 0.905. The molecule has 2 aromatic carbocycles. The molecule has 3 nitrogen and oxygen atoms in total. The van der Waals surface area contributed by atoms with Crippen molar-refractivity contribution in [2.75, 3.05) is 12.3 Å². The second-order valence-corrected chi connectivity index (χ2v) is 7.80. The molecule has 1 saturated heterocycles. The van der Waals surface area contributed by atoms with Crippen LogP contribution in [-0.4, -0.2) is 29.3 Å². The Kier molecular flexibility index (Phi) is 6.21. The van der Waals surface area contributed by atoms with Crippen LogP contribution in [0.3, 0.4) is 0 Å². The maximum atomic E-state index is 12.4. The molecular weight excluding hydrogens is 386 g/mol. The minimum absolute atomic E-state index is 0.197. The summed E-state index contributed by atoms with van der Waals surface area (Å²) in [7, 11) is 0. The van der Waals surface area contributed by atoms with E-state index in [1.807, 2.05) is 47.4 Å². The highest BCUT2D eigenvalue weighted by atomic mass is 79.9. The lowest BCUT2D eigenvalue weighted by Crippen LogP contribution is -2.37. The molecule has 126 valence electrons. The van der Waals surface area contributed by atoms with Gasteiger partial charge in [0.15, 0.2) is 0 Å². The summed E-state index contributed by atoms with van der Waals surface area (Å²) >= 11 is 5.24. The molecule has 5 heteroatoms. The van der Waals surface area contributed by atoms with Crippen molar-refractivity contribution in [1.82, 2.24) is 4.90 Å². The highest BCUT2D eigenvalue weighted by Gasteiger charge is 2.29. The molecule has 0 aromatic heterocycles. The van der Waals surface area contributed by atoms with Gasteiger partial charge < -0.3 is 9.64 Å². The molecule has 1 amide bonds. The molecule has 1 unspecified atom stereocenters. The number of ether oxygens (including phenoxy) is 1. The fourth-order valence-electron chi connectivity index (χ4n) is 2.77. The number of likely N-dealkylation sites (tertiary alicyclic amines) is 1. The summed E-state index contributed by atoms with van der Waals surface area (Å²) < 4.78 is 6.56. The number of hydrogen-bond donors (Lipinski definition) is 0. The van der Waals surface area contributed by atoms with E-state index in [0.29, 0.717) is 6.61 Å². The Morgan fingerprint density at radius 1 is 1.17 bits per heavy atom. The molecule has 0 saturated carbocycles. The number of amides is 1. The van der Waals surface area contributed by atoms with Gasteiger partial charge >= 0.3 is 6.09 Å². The number of carbonyl (C=O) groups is 1. The molecular formula is C19H20BrNO2S. The molecule has 1 fully saturated rings. The van der Waals surface area contributed by atoms with Crippen LogP contribution in [0.2, 0.25) is 0 Å². The van der Waals surface area contributed by atoms with E-state index in [0.717, 1.165) is 35.2 Å². The van der Waals surface area contributed by atoms with Crippen molar-refractivity contribution in [1.29, 1.82) is 0 Å². The van der Waals surface area contributed by atoms with Gasteiger partial charge in [-0.3, -0.25) is 0 Å². The van der Waals surface area contributed by atoms with Crippen molar-refractivity contribution in [3.63, 3.8) is 0 Å². The first-order valence-electron chi connectivity index (χ1n) is 8.08. The van der Waals surface area contributed by atoms with Gasteiger partial charge in [-0.15, -0.1) is 11.8 Å². The predicted molar refractivity (Wildman–Crippen MR) is 101 cm³/mol. The number of nitrogens with zero attached hydrogens (tertiary/aromatic N) is 1. The lowest BCUT2D eigenvalue weighted by molar-refractivity contribution is 0.0950. The van der Waals surface area contributed by atoms with E-state index in [-0.39, 0.29) is 12.1 Å². The van der Waals surface area contributed by atoms with Crippen LogP contribution in [0.5, 0.6) is 0 Å². The van der Waals surface area contributed by atoms with E-state index >= 15 is 0 Å². The molecule has 0 bridgehead atoms. The third kappa shape index (κ3) is 4.77. The second-order valence-electron chi connectivity index (χ2n) is 5.79. The van der Waals surface area contributed by atoms with Crippen LogP contribution in [0.15, 0.2) is 64.0 Å². The van der Waals surface area contributed by atoms with Crippen LogP contribution in [0.1, 0.15) is 18.4 Å². The molecule has 0 spiro atoms. The van der Waals surface area contributed by atoms with Crippen molar-refractivity contribution >= 4 is 33.8 Å². The quantitative estimate of drug-likeness (QED) is 0.628. The van der Waals surface area contributed by atoms with Crippen LogP contribution < -0.4 is 0 Å². The fourth-order valence-corrected chi connectivity index (χ4v) is 4.10. The van der Waals surface area contributed by atoms with Gasteiger partial charge in [0.05, 0.1) is 0 Å². The maximum Gasteiger partial charge on any atom is 0.410 e. The average molecular weight is 406 g/mol. The van der Waals surface area contributed by atoms with E-state index in [1.165, 1.54) is 4.90 Å². The number of benzene rings is 2. The van der Waals surface area contributed by atoms with Crippen molar-refractivity contribution in [3.05, 3.63) is 64.6 Å². The average Bonchev–Trinajstić information content (AvgIpc) is 3.09. The second kappa shape index (κ2) is 8.58. The molecule has 1 atom stereocenters. The predicted octanol–water partition coefficient (Wildman–Crippen LogP) is 5.34. The van der Waals surface area contributed by atoms with Crippen LogP contribution in [-0.2, 0) is 11.3 Å². The SMILES string of the molecule is O=C(OCc1ccccc1)N1CCCC1CSc1ccc(Br)cc1. The Morgan fingerprint density at radius 2 is 1.92 bits per heavy atom. The molecule has 3 rings (SSSR count).